The van der Waals surface area contributed by atoms with Gasteiger partial charge in [-0.05, 0) is 24.6 Å². The summed E-state index contributed by atoms with van der Waals surface area (Å²) in [4.78, 5) is -0.601. The van der Waals surface area contributed by atoms with E-state index in [1.807, 2.05) is 13.8 Å². The number of hydrogen-bond acceptors (Lipinski definition) is 2. The lowest BCUT2D eigenvalue weighted by atomic mass is 10.2. The zero-order valence-corrected chi connectivity index (χ0v) is 9.95. The van der Waals surface area contributed by atoms with Crippen molar-refractivity contribution in [3.05, 3.63) is 29.3 Å². The highest BCUT2D eigenvalue weighted by molar-refractivity contribution is 7.90. The molecular formula is C10H14F2O2S. The van der Waals surface area contributed by atoms with E-state index in [4.69, 9.17) is 0 Å². The molecule has 0 aliphatic heterocycles. The van der Waals surface area contributed by atoms with Gasteiger partial charge in [0.2, 0.25) is 0 Å². The summed E-state index contributed by atoms with van der Waals surface area (Å²) in [5.41, 5.74) is 0.0879. The van der Waals surface area contributed by atoms with Crippen LogP contribution in [0.25, 0.3) is 0 Å². The van der Waals surface area contributed by atoms with Crippen molar-refractivity contribution in [2.45, 2.75) is 25.7 Å². The van der Waals surface area contributed by atoms with Crippen molar-refractivity contribution < 1.29 is 17.2 Å². The molecule has 0 spiro atoms. The lowest BCUT2D eigenvalue weighted by molar-refractivity contribution is 0.552. The van der Waals surface area contributed by atoms with Crippen LogP contribution in [-0.4, -0.2) is 14.7 Å². The van der Waals surface area contributed by atoms with E-state index in [1.54, 1.807) is 0 Å². The van der Waals surface area contributed by atoms with E-state index in [2.05, 4.69) is 0 Å². The minimum Gasteiger partial charge on any atom is -0.224 e. The zero-order chi connectivity index (χ0) is 12.2. The molecule has 0 bridgehead atoms. The lowest BCUT2D eigenvalue weighted by Crippen LogP contribution is -2.02. The molecule has 15 heavy (non-hydrogen) atoms. The topological polar surface area (TPSA) is 34.1 Å². The average Bonchev–Trinajstić information content (AvgIpc) is 2.13. The Morgan fingerprint density at radius 1 is 1.07 bits per heavy atom. The molecule has 86 valence electrons. The van der Waals surface area contributed by atoms with Crippen LogP contribution in [0.5, 0.6) is 0 Å². The second-order valence-corrected chi connectivity index (χ2v) is 4.79. The molecule has 1 rings (SSSR count). The molecule has 2 nitrogen and oxygen atoms in total. The summed E-state index contributed by atoms with van der Waals surface area (Å²) >= 11 is 0. The van der Waals surface area contributed by atoms with Gasteiger partial charge in [0.05, 0.1) is 0 Å². The summed E-state index contributed by atoms with van der Waals surface area (Å²) in [5, 5.41) is 0. The molecule has 0 saturated carbocycles. The molecule has 0 N–H and O–H groups in total. The molecule has 0 aromatic heterocycles. The summed E-state index contributed by atoms with van der Waals surface area (Å²) in [6.07, 6.45) is 0.834. The number of sulfone groups is 1. The molecule has 5 heteroatoms. The molecule has 0 heterocycles. The van der Waals surface area contributed by atoms with Crippen LogP contribution in [0, 0.1) is 18.6 Å². The number of rotatable bonds is 1. The Labute approximate surface area is 88.9 Å². The van der Waals surface area contributed by atoms with E-state index < -0.39 is 26.4 Å². The van der Waals surface area contributed by atoms with Gasteiger partial charge in [-0.25, -0.2) is 17.2 Å². The molecule has 1 aromatic carbocycles. The standard InChI is InChI=1S/C8H8F2O2S.C2H6/c1-5-3-7(10)8(4-6(5)9)13(2,11)12;1-2/h3-4H,1-2H3;1-2H3. The highest BCUT2D eigenvalue weighted by Crippen LogP contribution is 2.18. The fourth-order valence-electron chi connectivity index (χ4n) is 0.912. The maximum Gasteiger partial charge on any atom is 0.178 e. The molecular weight excluding hydrogens is 222 g/mol. The second-order valence-electron chi connectivity index (χ2n) is 2.80. The quantitative estimate of drug-likeness (QED) is 0.751. The van der Waals surface area contributed by atoms with E-state index >= 15 is 0 Å². The van der Waals surface area contributed by atoms with Gasteiger partial charge < -0.3 is 0 Å². The van der Waals surface area contributed by atoms with Crippen LogP contribution in [0.15, 0.2) is 17.0 Å². The van der Waals surface area contributed by atoms with Gasteiger partial charge in [0.15, 0.2) is 9.84 Å². The van der Waals surface area contributed by atoms with Gasteiger partial charge in [0.25, 0.3) is 0 Å². The first-order chi connectivity index (χ1) is 6.82. The summed E-state index contributed by atoms with van der Waals surface area (Å²) < 4.78 is 47.7. The maximum absolute atomic E-state index is 13.0. The Kier molecular flexibility index (Phi) is 4.87. The normalized spacial score (nSPS) is 10.5. The van der Waals surface area contributed by atoms with Gasteiger partial charge in [-0.3, -0.25) is 0 Å². The summed E-state index contributed by atoms with van der Waals surface area (Å²) in [6, 6.07) is 1.56. The summed E-state index contributed by atoms with van der Waals surface area (Å²) in [6.45, 7) is 5.37. The van der Waals surface area contributed by atoms with Crippen LogP contribution in [0.3, 0.4) is 0 Å². The monoisotopic (exact) mass is 236 g/mol. The van der Waals surface area contributed by atoms with Crippen LogP contribution < -0.4 is 0 Å². The lowest BCUT2D eigenvalue weighted by Gasteiger charge is -2.02. The average molecular weight is 236 g/mol. The van der Waals surface area contributed by atoms with Gasteiger partial charge in [-0.1, -0.05) is 13.8 Å². The fraction of sp³-hybridized carbons (Fsp3) is 0.400. The van der Waals surface area contributed by atoms with E-state index in [-0.39, 0.29) is 5.56 Å². The predicted molar refractivity (Wildman–Crippen MR) is 55.6 cm³/mol. The summed E-state index contributed by atoms with van der Waals surface area (Å²) in [7, 11) is -3.69. The Morgan fingerprint density at radius 2 is 1.53 bits per heavy atom. The molecule has 0 unspecified atom stereocenters. The van der Waals surface area contributed by atoms with Crippen molar-refractivity contribution in [3.63, 3.8) is 0 Å². The van der Waals surface area contributed by atoms with Crippen LogP contribution >= 0.6 is 0 Å². The van der Waals surface area contributed by atoms with E-state index in [9.17, 15) is 17.2 Å². The minimum atomic E-state index is -3.69. The highest BCUT2D eigenvalue weighted by Gasteiger charge is 2.15. The van der Waals surface area contributed by atoms with Crippen LogP contribution in [0.2, 0.25) is 0 Å². The Bertz CT molecular complexity index is 439. The van der Waals surface area contributed by atoms with Crippen molar-refractivity contribution in [1.29, 1.82) is 0 Å². The van der Waals surface area contributed by atoms with Gasteiger partial charge in [0.1, 0.15) is 16.5 Å². The van der Waals surface area contributed by atoms with E-state index in [0.29, 0.717) is 6.07 Å². The molecule has 0 atom stereocenters. The maximum atomic E-state index is 13.0. The molecule has 0 aliphatic carbocycles. The predicted octanol–water partition coefficient (Wildman–Crippen LogP) is 2.70. The first-order valence-electron chi connectivity index (χ1n) is 4.48. The SMILES string of the molecule is CC.Cc1cc(F)c(S(C)(=O)=O)cc1F. The van der Waals surface area contributed by atoms with Crippen molar-refractivity contribution in [1.82, 2.24) is 0 Å². The molecule has 0 radical (unpaired) electrons. The van der Waals surface area contributed by atoms with Crippen LogP contribution in [0.4, 0.5) is 8.78 Å². The van der Waals surface area contributed by atoms with Gasteiger partial charge in [-0.2, -0.15) is 0 Å². The fourth-order valence-corrected chi connectivity index (χ4v) is 1.64. The second kappa shape index (κ2) is 5.21. The Balaban J connectivity index is 0.000000921. The molecule has 0 aliphatic rings. The van der Waals surface area contributed by atoms with E-state index in [1.165, 1.54) is 6.92 Å². The van der Waals surface area contributed by atoms with Crippen molar-refractivity contribution >= 4 is 9.84 Å². The first-order valence-corrected chi connectivity index (χ1v) is 6.37. The molecule has 0 amide bonds. The Morgan fingerprint density at radius 3 is 1.93 bits per heavy atom. The first kappa shape index (κ1) is 14.0. The van der Waals surface area contributed by atoms with Gasteiger partial charge in [-0.15, -0.1) is 0 Å². The minimum absolute atomic E-state index is 0.0879. The number of halogens is 2. The van der Waals surface area contributed by atoms with Crippen LogP contribution in [-0.2, 0) is 9.84 Å². The number of hydrogen-bond donors (Lipinski definition) is 0. The molecule has 0 fully saturated rings. The van der Waals surface area contributed by atoms with E-state index in [0.717, 1.165) is 12.3 Å². The van der Waals surface area contributed by atoms with Gasteiger partial charge >= 0.3 is 0 Å². The number of aryl methyl sites for hydroxylation is 1. The zero-order valence-electron chi connectivity index (χ0n) is 9.14. The van der Waals surface area contributed by atoms with Crippen LogP contribution in [0.1, 0.15) is 19.4 Å². The molecule has 0 saturated heterocycles. The van der Waals surface area contributed by atoms with Gasteiger partial charge in [0, 0.05) is 6.26 Å². The highest BCUT2D eigenvalue weighted by atomic mass is 32.2. The Hall–Kier alpha value is -0.970. The largest absolute Gasteiger partial charge is 0.224 e. The summed E-state index contributed by atoms with van der Waals surface area (Å²) in [5.74, 6) is -1.64. The molecule has 1 aromatic rings. The third kappa shape index (κ3) is 3.58. The third-order valence-corrected chi connectivity index (χ3v) is 2.72. The van der Waals surface area contributed by atoms with Crippen molar-refractivity contribution in [2.75, 3.05) is 6.26 Å². The third-order valence-electron chi connectivity index (χ3n) is 1.61. The van der Waals surface area contributed by atoms with Crippen molar-refractivity contribution in [3.8, 4) is 0 Å². The smallest absolute Gasteiger partial charge is 0.178 e. The van der Waals surface area contributed by atoms with Crippen molar-refractivity contribution in [2.24, 2.45) is 0 Å². The number of benzene rings is 1.